The molecule has 0 unspecified atom stereocenters. The van der Waals surface area contributed by atoms with Gasteiger partial charge in [0.05, 0.1) is 0 Å². The normalized spacial score (nSPS) is 12.3. The smallest absolute Gasteiger partial charge is 0.326 e. The van der Waals surface area contributed by atoms with Crippen molar-refractivity contribution in [1.29, 1.82) is 0 Å². The minimum Gasteiger partial charge on any atom is -0.480 e. The number of hydrogen-bond donors (Lipinski definition) is 2. The van der Waals surface area contributed by atoms with Gasteiger partial charge in [-0.15, -0.1) is 0 Å². The van der Waals surface area contributed by atoms with Crippen LogP contribution >= 0.6 is 0 Å². The molecule has 0 aliphatic carbocycles. The molecule has 0 fully saturated rings. The van der Waals surface area contributed by atoms with Gasteiger partial charge in [-0.3, -0.25) is 4.79 Å². The van der Waals surface area contributed by atoms with E-state index >= 15 is 0 Å². The molecule has 0 spiro atoms. The number of benzene rings is 2. The maximum Gasteiger partial charge on any atom is 0.326 e. The Morgan fingerprint density at radius 3 is 2.41 bits per heavy atom. The molecular weight excluding hydrogens is 278 g/mol. The lowest BCUT2D eigenvalue weighted by Gasteiger charge is -2.16. The fourth-order valence-electron chi connectivity index (χ4n) is 2.43. The highest BCUT2D eigenvalue weighted by atomic mass is 16.4. The molecule has 0 aliphatic rings. The quantitative estimate of drug-likeness (QED) is 0.861. The SMILES string of the molecule is CC(C)CC(=O)N[C@@H](Cc1ccc2ccccc2c1)C(=O)O. The molecule has 4 nitrogen and oxygen atoms in total. The van der Waals surface area contributed by atoms with Crippen molar-refractivity contribution in [3.63, 3.8) is 0 Å². The van der Waals surface area contributed by atoms with Crippen molar-refractivity contribution in [3.05, 3.63) is 48.0 Å². The van der Waals surface area contributed by atoms with Gasteiger partial charge < -0.3 is 10.4 Å². The first-order chi connectivity index (χ1) is 10.5. The summed E-state index contributed by atoms with van der Waals surface area (Å²) in [6.07, 6.45) is 0.617. The summed E-state index contributed by atoms with van der Waals surface area (Å²) >= 11 is 0. The zero-order chi connectivity index (χ0) is 16.1. The molecule has 2 rings (SSSR count). The number of carbonyl (C=O) groups is 2. The van der Waals surface area contributed by atoms with Crippen LogP contribution in [0.1, 0.15) is 25.8 Å². The summed E-state index contributed by atoms with van der Waals surface area (Å²) in [5.74, 6) is -1.02. The third-order valence-electron chi connectivity index (χ3n) is 3.48. The van der Waals surface area contributed by atoms with Crippen LogP contribution in [0.25, 0.3) is 10.8 Å². The lowest BCUT2D eigenvalue weighted by molar-refractivity contribution is -0.141. The monoisotopic (exact) mass is 299 g/mol. The molecule has 0 heterocycles. The average molecular weight is 299 g/mol. The standard InChI is InChI=1S/C18H21NO3/c1-12(2)9-17(20)19-16(18(21)22)11-13-7-8-14-5-3-4-6-15(14)10-13/h3-8,10,12,16H,9,11H2,1-2H3,(H,19,20)(H,21,22)/t16-/m0/s1. The molecule has 0 saturated heterocycles. The molecule has 2 aromatic carbocycles. The molecule has 116 valence electrons. The minimum absolute atomic E-state index is 0.204. The Labute approximate surface area is 130 Å². The van der Waals surface area contributed by atoms with Gasteiger partial charge in [0.15, 0.2) is 0 Å². The lowest BCUT2D eigenvalue weighted by Crippen LogP contribution is -2.42. The van der Waals surface area contributed by atoms with E-state index in [-0.39, 0.29) is 18.2 Å². The van der Waals surface area contributed by atoms with Crippen LogP contribution in [-0.4, -0.2) is 23.0 Å². The van der Waals surface area contributed by atoms with E-state index in [4.69, 9.17) is 0 Å². The zero-order valence-electron chi connectivity index (χ0n) is 12.9. The van der Waals surface area contributed by atoms with Crippen LogP contribution in [0.15, 0.2) is 42.5 Å². The summed E-state index contributed by atoms with van der Waals surface area (Å²) in [7, 11) is 0. The molecule has 2 N–H and O–H groups in total. The van der Waals surface area contributed by atoms with Crippen molar-refractivity contribution in [2.24, 2.45) is 5.92 Å². The van der Waals surface area contributed by atoms with E-state index in [0.717, 1.165) is 16.3 Å². The second-order valence-corrected chi connectivity index (χ2v) is 5.94. The molecule has 1 amide bonds. The van der Waals surface area contributed by atoms with Crippen LogP contribution in [0.2, 0.25) is 0 Å². The van der Waals surface area contributed by atoms with Gasteiger partial charge in [0.25, 0.3) is 0 Å². The summed E-state index contributed by atoms with van der Waals surface area (Å²) in [6.45, 7) is 3.86. The van der Waals surface area contributed by atoms with Crippen molar-refractivity contribution >= 4 is 22.6 Å². The van der Waals surface area contributed by atoms with Crippen LogP contribution in [-0.2, 0) is 16.0 Å². The molecule has 0 aliphatic heterocycles. The molecule has 0 aromatic heterocycles. The predicted molar refractivity (Wildman–Crippen MR) is 86.7 cm³/mol. The number of carboxylic acids is 1. The van der Waals surface area contributed by atoms with Gasteiger partial charge in [-0.2, -0.15) is 0 Å². The maximum absolute atomic E-state index is 11.8. The van der Waals surface area contributed by atoms with Gasteiger partial charge in [-0.05, 0) is 22.3 Å². The Morgan fingerprint density at radius 2 is 1.77 bits per heavy atom. The number of hydrogen-bond acceptors (Lipinski definition) is 2. The summed E-state index contributed by atoms with van der Waals surface area (Å²) in [4.78, 5) is 23.2. The van der Waals surface area contributed by atoms with E-state index in [1.165, 1.54) is 0 Å². The third kappa shape index (κ3) is 4.32. The van der Waals surface area contributed by atoms with E-state index in [2.05, 4.69) is 5.32 Å². The topological polar surface area (TPSA) is 66.4 Å². The van der Waals surface area contributed by atoms with Crippen molar-refractivity contribution < 1.29 is 14.7 Å². The highest BCUT2D eigenvalue weighted by Crippen LogP contribution is 2.17. The number of carbonyl (C=O) groups excluding carboxylic acids is 1. The molecule has 0 saturated carbocycles. The Balaban J connectivity index is 2.12. The molecule has 4 heteroatoms. The highest BCUT2D eigenvalue weighted by molar-refractivity contribution is 5.85. The summed E-state index contributed by atoms with van der Waals surface area (Å²) < 4.78 is 0. The Kier molecular flexibility index (Phi) is 5.15. The molecule has 22 heavy (non-hydrogen) atoms. The minimum atomic E-state index is -1.01. The van der Waals surface area contributed by atoms with Crippen molar-refractivity contribution in [1.82, 2.24) is 5.32 Å². The van der Waals surface area contributed by atoms with E-state index in [9.17, 15) is 14.7 Å². The lowest BCUT2D eigenvalue weighted by atomic mass is 10.0. The van der Waals surface area contributed by atoms with E-state index in [1.807, 2.05) is 56.3 Å². The van der Waals surface area contributed by atoms with Gasteiger partial charge in [-0.25, -0.2) is 4.79 Å². The number of fused-ring (bicyclic) bond motifs is 1. The van der Waals surface area contributed by atoms with E-state index in [1.54, 1.807) is 0 Å². The number of nitrogens with one attached hydrogen (secondary N) is 1. The third-order valence-corrected chi connectivity index (χ3v) is 3.48. The molecule has 0 radical (unpaired) electrons. The highest BCUT2D eigenvalue weighted by Gasteiger charge is 2.20. The average Bonchev–Trinajstić information content (AvgIpc) is 2.45. The van der Waals surface area contributed by atoms with E-state index < -0.39 is 12.0 Å². The van der Waals surface area contributed by atoms with Gasteiger partial charge in [0.2, 0.25) is 5.91 Å². The van der Waals surface area contributed by atoms with Crippen molar-refractivity contribution in [2.75, 3.05) is 0 Å². The fraction of sp³-hybridized carbons (Fsp3) is 0.333. The van der Waals surface area contributed by atoms with Gasteiger partial charge >= 0.3 is 5.97 Å². The Morgan fingerprint density at radius 1 is 1.09 bits per heavy atom. The fourth-order valence-corrected chi connectivity index (χ4v) is 2.43. The van der Waals surface area contributed by atoms with Crippen LogP contribution in [0.4, 0.5) is 0 Å². The van der Waals surface area contributed by atoms with Crippen LogP contribution in [0, 0.1) is 5.92 Å². The van der Waals surface area contributed by atoms with Crippen molar-refractivity contribution in [2.45, 2.75) is 32.7 Å². The number of amides is 1. The predicted octanol–water partition coefficient (Wildman–Crippen LogP) is 3.00. The first kappa shape index (κ1) is 16.0. The zero-order valence-corrected chi connectivity index (χ0v) is 12.9. The second kappa shape index (κ2) is 7.07. The largest absolute Gasteiger partial charge is 0.480 e. The number of aliphatic carboxylic acids is 1. The van der Waals surface area contributed by atoms with Crippen LogP contribution < -0.4 is 5.32 Å². The Hall–Kier alpha value is -2.36. The van der Waals surface area contributed by atoms with Crippen molar-refractivity contribution in [3.8, 4) is 0 Å². The van der Waals surface area contributed by atoms with E-state index in [0.29, 0.717) is 6.42 Å². The van der Waals surface area contributed by atoms with Crippen LogP contribution in [0.3, 0.4) is 0 Å². The van der Waals surface area contributed by atoms with Gasteiger partial charge in [-0.1, -0.05) is 56.3 Å². The van der Waals surface area contributed by atoms with Gasteiger partial charge in [0.1, 0.15) is 6.04 Å². The number of rotatable bonds is 6. The van der Waals surface area contributed by atoms with Crippen LogP contribution in [0.5, 0.6) is 0 Å². The first-order valence-electron chi connectivity index (χ1n) is 7.45. The summed E-state index contributed by atoms with van der Waals surface area (Å²) in [5, 5.41) is 14.1. The Bertz CT molecular complexity index is 679. The molecule has 0 bridgehead atoms. The molecular formula is C18H21NO3. The summed E-state index contributed by atoms with van der Waals surface area (Å²) in [6, 6.07) is 12.9. The second-order valence-electron chi connectivity index (χ2n) is 5.94. The molecule has 2 aromatic rings. The number of carboxylic acid groups (broad SMARTS) is 1. The van der Waals surface area contributed by atoms with Gasteiger partial charge in [0, 0.05) is 12.8 Å². The first-order valence-corrected chi connectivity index (χ1v) is 7.45. The molecule has 1 atom stereocenters. The maximum atomic E-state index is 11.8. The summed E-state index contributed by atoms with van der Waals surface area (Å²) in [5.41, 5.74) is 0.899.